The molecule has 5 atom stereocenters. The first-order valence-corrected chi connectivity index (χ1v) is 8.18. The maximum absolute atomic E-state index is 10.9. The molecule has 1 saturated carbocycles. The summed E-state index contributed by atoms with van der Waals surface area (Å²) in [5.41, 5.74) is 3.12. The van der Waals surface area contributed by atoms with E-state index in [9.17, 15) is 10.2 Å². The van der Waals surface area contributed by atoms with Gasteiger partial charge in [-0.15, -0.1) is 0 Å². The highest BCUT2D eigenvalue weighted by molar-refractivity contribution is 5.53. The number of hydrogen-bond donors (Lipinski definition) is 2. The van der Waals surface area contributed by atoms with E-state index in [1.165, 1.54) is 7.11 Å². The molecule has 1 aromatic rings. The molecule has 4 rings (SSSR count). The Labute approximate surface area is 141 Å². The van der Waals surface area contributed by atoms with Gasteiger partial charge in [0, 0.05) is 32.2 Å². The molecule has 0 amide bonds. The highest BCUT2D eigenvalue weighted by Gasteiger charge is 2.53. The van der Waals surface area contributed by atoms with Gasteiger partial charge in [-0.25, -0.2) is 0 Å². The summed E-state index contributed by atoms with van der Waals surface area (Å²) in [5.74, 6) is 1.19. The van der Waals surface area contributed by atoms with E-state index in [0.29, 0.717) is 11.5 Å². The first kappa shape index (κ1) is 15.9. The van der Waals surface area contributed by atoms with E-state index in [2.05, 4.69) is 11.0 Å². The van der Waals surface area contributed by atoms with E-state index >= 15 is 0 Å². The minimum absolute atomic E-state index is 0.00648. The van der Waals surface area contributed by atoms with Crippen molar-refractivity contribution in [3.8, 4) is 11.5 Å². The summed E-state index contributed by atoms with van der Waals surface area (Å²) >= 11 is 0. The van der Waals surface area contributed by atoms with E-state index in [1.54, 1.807) is 14.2 Å². The second kappa shape index (κ2) is 5.74. The summed E-state index contributed by atoms with van der Waals surface area (Å²) in [6.45, 7) is 1.53. The van der Waals surface area contributed by atoms with E-state index in [0.717, 1.165) is 29.8 Å². The number of aliphatic hydroxyl groups is 2. The van der Waals surface area contributed by atoms with Gasteiger partial charge in [0.2, 0.25) is 0 Å². The molecule has 2 N–H and O–H groups in total. The second-order valence-corrected chi connectivity index (χ2v) is 6.65. The molecule has 6 heteroatoms. The van der Waals surface area contributed by atoms with Crippen molar-refractivity contribution in [1.82, 2.24) is 4.90 Å². The van der Waals surface area contributed by atoms with E-state index in [1.807, 2.05) is 12.1 Å². The summed E-state index contributed by atoms with van der Waals surface area (Å²) in [6, 6.07) is 3.95. The minimum Gasteiger partial charge on any atom is -0.493 e. The van der Waals surface area contributed by atoms with Gasteiger partial charge in [0.05, 0.1) is 20.3 Å². The minimum atomic E-state index is -0.787. The Bertz CT molecular complexity index is 688. The molecular weight excluding hydrogens is 310 g/mol. The van der Waals surface area contributed by atoms with Gasteiger partial charge < -0.3 is 24.4 Å². The van der Waals surface area contributed by atoms with Gasteiger partial charge in [0.15, 0.2) is 11.5 Å². The van der Waals surface area contributed by atoms with Gasteiger partial charge in [-0.05, 0) is 28.8 Å². The molecule has 24 heavy (non-hydrogen) atoms. The third-order valence-electron chi connectivity index (χ3n) is 5.64. The highest BCUT2D eigenvalue weighted by atomic mass is 16.5. The Morgan fingerprint density at radius 1 is 1.08 bits per heavy atom. The van der Waals surface area contributed by atoms with Crippen LogP contribution in [0.25, 0.3) is 0 Å². The predicted octanol–water partition coefficient (Wildman–Crippen LogP) is 0.662. The zero-order chi connectivity index (χ0) is 17.0. The Kier molecular flexibility index (Phi) is 3.80. The van der Waals surface area contributed by atoms with Crippen molar-refractivity contribution >= 4 is 0 Å². The van der Waals surface area contributed by atoms with E-state index < -0.39 is 18.3 Å². The largest absolute Gasteiger partial charge is 0.493 e. The summed E-state index contributed by atoms with van der Waals surface area (Å²) in [5, 5.41) is 21.5. The lowest BCUT2D eigenvalue weighted by atomic mass is 9.70. The third-order valence-corrected chi connectivity index (χ3v) is 5.64. The Hall–Kier alpha value is -1.60. The molecule has 0 radical (unpaired) electrons. The standard InChI is InChI=1S/C18H23NO5/c1-22-12-6-9-8-19-5-4-10-15(19)14(11(9)7-13(12)23-2)17(21)18(24-3)16(10)20/h4,6-7,14-18,20-21H,5,8H2,1-3H3/t14-,15+,16+,17-,18-/m0/s1. The first-order valence-electron chi connectivity index (χ1n) is 8.18. The third kappa shape index (κ3) is 2.04. The number of ether oxygens (including phenoxy) is 3. The zero-order valence-electron chi connectivity index (χ0n) is 14.1. The Morgan fingerprint density at radius 3 is 2.46 bits per heavy atom. The summed E-state index contributed by atoms with van der Waals surface area (Å²) in [6.07, 6.45) is -0.111. The summed E-state index contributed by atoms with van der Waals surface area (Å²) < 4.78 is 16.3. The van der Waals surface area contributed by atoms with Gasteiger partial charge in [0.25, 0.3) is 0 Å². The molecule has 0 bridgehead atoms. The average Bonchev–Trinajstić information content (AvgIpc) is 3.01. The van der Waals surface area contributed by atoms with Crippen LogP contribution in [0.3, 0.4) is 0 Å². The van der Waals surface area contributed by atoms with Crippen LogP contribution in [0.15, 0.2) is 23.8 Å². The van der Waals surface area contributed by atoms with Crippen molar-refractivity contribution in [3.05, 3.63) is 34.9 Å². The maximum Gasteiger partial charge on any atom is 0.161 e. The van der Waals surface area contributed by atoms with Gasteiger partial charge in [-0.3, -0.25) is 4.90 Å². The second-order valence-electron chi connectivity index (χ2n) is 6.65. The lowest BCUT2D eigenvalue weighted by Crippen LogP contribution is -2.58. The number of benzene rings is 1. The number of rotatable bonds is 3. The van der Waals surface area contributed by atoms with Crippen LogP contribution in [0, 0.1) is 0 Å². The SMILES string of the molecule is COc1cc2c(cc1OC)[C@@H]1[C@H](O)[C@@H](OC)[C@H](O)C3=CCN(C2)[C@H]31. The lowest BCUT2D eigenvalue weighted by molar-refractivity contribution is -0.108. The van der Waals surface area contributed by atoms with Crippen LogP contribution in [-0.2, 0) is 11.3 Å². The number of hydrogen-bond acceptors (Lipinski definition) is 6. The van der Waals surface area contributed by atoms with Crippen molar-refractivity contribution in [2.45, 2.75) is 36.8 Å². The maximum atomic E-state index is 10.9. The van der Waals surface area contributed by atoms with E-state index in [4.69, 9.17) is 14.2 Å². The van der Waals surface area contributed by atoms with Crippen molar-refractivity contribution in [1.29, 1.82) is 0 Å². The summed E-state index contributed by atoms with van der Waals surface area (Å²) in [4.78, 5) is 2.28. The first-order chi connectivity index (χ1) is 11.6. The van der Waals surface area contributed by atoms with Crippen LogP contribution in [-0.4, -0.2) is 67.3 Å². The fraction of sp³-hybridized carbons (Fsp3) is 0.556. The van der Waals surface area contributed by atoms with Gasteiger partial charge >= 0.3 is 0 Å². The molecule has 2 aliphatic heterocycles. The molecule has 1 fully saturated rings. The van der Waals surface area contributed by atoms with Crippen LogP contribution >= 0.6 is 0 Å². The Morgan fingerprint density at radius 2 is 1.79 bits per heavy atom. The molecule has 1 aliphatic carbocycles. The lowest BCUT2D eigenvalue weighted by Gasteiger charge is -2.49. The fourth-order valence-corrected chi connectivity index (χ4v) is 4.55. The normalized spacial score (nSPS) is 34.4. The number of methoxy groups -OCH3 is 3. The summed E-state index contributed by atoms with van der Waals surface area (Å²) in [7, 11) is 4.76. The van der Waals surface area contributed by atoms with E-state index in [-0.39, 0.29) is 12.0 Å². The molecule has 0 aromatic heterocycles. The topological polar surface area (TPSA) is 71.4 Å². The van der Waals surface area contributed by atoms with Gasteiger partial charge in [-0.2, -0.15) is 0 Å². The molecule has 1 aromatic carbocycles. The number of aliphatic hydroxyl groups excluding tert-OH is 2. The monoisotopic (exact) mass is 333 g/mol. The van der Waals surface area contributed by atoms with Crippen molar-refractivity contribution in [2.75, 3.05) is 27.9 Å². The smallest absolute Gasteiger partial charge is 0.161 e. The molecule has 0 saturated heterocycles. The molecule has 2 heterocycles. The van der Waals surface area contributed by atoms with Crippen molar-refractivity contribution in [3.63, 3.8) is 0 Å². The van der Waals surface area contributed by atoms with Crippen LogP contribution in [0.4, 0.5) is 0 Å². The quantitative estimate of drug-likeness (QED) is 0.792. The van der Waals surface area contributed by atoms with Gasteiger partial charge in [-0.1, -0.05) is 6.08 Å². The van der Waals surface area contributed by atoms with Crippen LogP contribution in [0.1, 0.15) is 17.0 Å². The average molecular weight is 333 g/mol. The molecule has 3 aliphatic rings. The highest BCUT2D eigenvalue weighted by Crippen LogP contribution is 2.49. The van der Waals surface area contributed by atoms with Gasteiger partial charge in [0.1, 0.15) is 12.2 Å². The van der Waals surface area contributed by atoms with Crippen LogP contribution < -0.4 is 9.47 Å². The van der Waals surface area contributed by atoms with Crippen LogP contribution in [0.2, 0.25) is 0 Å². The van der Waals surface area contributed by atoms with Crippen LogP contribution in [0.5, 0.6) is 11.5 Å². The van der Waals surface area contributed by atoms with Crippen molar-refractivity contribution < 1.29 is 24.4 Å². The fourth-order valence-electron chi connectivity index (χ4n) is 4.55. The molecule has 0 unspecified atom stereocenters. The predicted molar refractivity (Wildman–Crippen MR) is 87.4 cm³/mol. The molecular formula is C18H23NO5. The number of nitrogens with zero attached hydrogens (tertiary/aromatic N) is 1. The molecule has 6 nitrogen and oxygen atoms in total. The Balaban J connectivity index is 1.85. The molecule has 130 valence electrons. The molecule has 0 spiro atoms. The number of fused-ring (bicyclic) bond motifs is 2. The zero-order valence-corrected chi connectivity index (χ0v) is 14.1. The van der Waals surface area contributed by atoms with Crippen molar-refractivity contribution in [2.24, 2.45) is 0 Å².